The fourth-order valence-corrected chi connectivity index (χ4v) is 4.51. The summed E-state index contributed by atoms with van der Waals surface area (Å²) in [5.74, 6) is 1.55. The first kappa shape index (κ1) is 21.7. The lowest BCUT2D eigenvalue weighted by molar-refractivity contribution is -0.125. The predicted molar refractivity (Wildman–Crippen MR) is 113 cm³/mol. The van der Waals surface area contributed by atoms with Crippen LogP contribution in [-0.4, -0.2) is 55.2 Å². The number of ether oxygens (including phenoxy) is 3. The molecule has 3 amide bonds. The normalized spacial score (nSPS) is 25.3. The van der Waals surface area contributed by atoms with Crippen LogP contribution in [0.4, 0.5) is 10.5 Å². The highest BCUT2D eigenvalue weighted by molar-refractivity contribution is 5.90. The molecule has 0 bridgehead atoms. The van der Waals surface area contributed by atoms with Gasteiger partial charge in [0.05, 0.1) is 18.8 Å². The van der Waals surface area contributed by atoms with Crippen LogP contribution in [0.15, 0.2) is 18.2 Å². The molecule has 2 heterocycles. The fourth-order valence-electron chi connectivity index (χ4n) is 4.51. The molecule has 1 aromatic rings. The summed E-state index contributed by atoms with van der Waals surface area (Å²) in [4.78, 5) is 24.5. The highest BCUT2D eigenvalue weighted by atomic mass is 16.7. The summed E-state index contributed by atoms with van der Waals surface area (Å²) in [6, 6.07) is 4.54. The van der Waals surface area contributed by atoms with Crippen molar-refractivity contribution in [2.75, 3.05) is 25.3 Å². The number of aliphatic hydroxyl groups is 1. The zero-order valence-corrected chi connectivity index (χ0v) is 17.6. The summed E-state index contributed by atoms with van der Waals surface area (Å²) in [6.07, 6.45) is 5.87. The molecule has 0 radical (unpaired) electrons. The molecule has 4 N–H and O–H groups in total. The molecule has 1 saturated carbocycles. The minimum absolute atomic E-state index is 0.0454. The monoisotopic (exact) mass is 433 g/mol. The summed E-state index contributed by atoms with van der Waals surface area (Å²) in [7, 11) is 0. The van der Waals surface area contributed by atoms with Crippen molar-refractivity contribution in [1.29, 1.82) is 0 Å². The Hall–Kier alpha value is -2.52. The summed E-state index contributed by atoms with van der Waals surface area (Å²) >= 11 is 0. The third-order valence-corrected chi connectivity index (χ3v) is 6.23. The van der Waals surface area contributed by atoms with Gasteiger partial charge in [0.1, 0.15) is 6.10 Å². The SMILES string of the molecule is O=C(Nc1ccc2c(c1)OCO2)N[C@H]1CC[C@H](CCNC(=O)C2CCCC2)O[C@@H]1CO. The van der Waals surface area contributed by atoms with Gasteiger partial charge in [0, 0.05) is 24.2 Å². The van der Waals surface area contributed by atoms with Gasteiger partial charge in [-0.2, -0.15) is 0 Å². The number of nitrogens with one attached hydrogen (secondary N) is 3. The van der Waals surface area contributed by atoms with E-state index in [0.717, 1.165) is 32.1 Å². The molecule has 0 aromatic heterocycles. The molecule has 0 unspecified atom stereocenters. The molecule has 31 heavy (non-hydrogen) atoms. The Bertz CT molecular complexity index is 783. The Kier molecular flexibility index (Phi) is 7.14. The molecular weight excluding hydrogens is 402 g/mol. The molecule has 2 fully saturated rings. The minimum atomic E-state index is -0.480. The number of urea groups is 1. The van der Waals surface area contributed by atoms with E-state index in [9.17, 15) is 14.7 Å². The molecule has 2 aliphatic heterocycles. The van der Waals surface area contributed by atoms with Crippen LogP contribution < -0.4 is 25.4 Å². The molecular formula is C22H31N3O6. The van der Waals surface area contributed by atoms with Crippen LogP contribution in [-0.2, 0) is 9.53 Å². The number of hydrogen-bond acceptors (Lipinski definition) is 6. The number of carbonyl (C=O) groups excluding carboxylic acids is 2. The molecule has 0 spiro atoms. The van der Waals surface area contributed by atoms with Crippen LogP contribution in [0.1, 0.15) is 44.9 Å². The number of carbonyl (C=O) groups is 2. The molecule has 4 rings (SSSR count). The molecule has 3 aliphatic rings. The Balaban J connectivity index is 1.20. The first-order valence-corrected chi connectivity index (χ1v) is 11.1. The molecule has 1 aliphatic carbocycles. The van der Waals surface area contributed by atoms with E-state index in [0.29, 0.717) is 36.6 Å². The van der Waals surface area contributed by atoms with E-state index in [2.05, 4.69) is 16.0 Å². The van der Waals surface area contributed by atoms with Gasteiger partial charge in [0.2, 0.25) is 12.7 Å². The van der Waals surface area contributed by atoms with Gasteiger partial charge in [-0.1, -0.05) is 12.8 Å². The first-order chi connectivity index (χ1) is 15.1. The minimum Gasteiger partial charge on any atom is -0.454 e. The lowest BCUT2D eigenvalue weighted by atomic mass is 9.97. The van der Waals surface area contributed by atoms with Gasteiger partial charge in [-0.05, 0) is 44.2 Å². The summed E-state index contributed by atoms with van der Waals surface area (Å²) in [5.41, 5.74) is 0.593. The second-order valence-electron chi connectivity index (χ2n) is 8.39. The van der Waals surface area contributed by atoms with Crippen LogP contribution in [0, 0.1) is 5.92 Å². The van der Waals surface area contributed by atoms with Gasteiger partial charge in [0.15, 0.2) is 11.5 Å². The first-order valence-electron chi connectivity index (χ1n) is 11.1. The van der Waals surface area contributed by atoms with Gasteiger partial charge in [-0.15, -0.1) is 0 Å². The number of aliphatic hydroxyl groups excluding tert-OH is 1. The van der Waals surface area contributed by atoms with Gasteiger partial charge >= 0.3 is 6.03 Å². The van der Waals surface area contributed by atoms with Crippen LogP contribution in [0.5, 0.6) is 11.5 Å². The van der Waals surface area contributed by atoms with Gasteiger partial charge in [-0.25, -0.2) is 4.79 Å². The van der Waals surface area contributed by atoms with Crippen LogP contribution in [0.3, 0.4) is 0 Å². The smallest absolute Gasteiger partial charge is 0.319 e. The van der Waals surface area contributed by atoms with Crippen molar-refractivity contribution in [2.24, 2.45) is 5.92 Å². The maximum Gasteiger partial charge on any atom is 0.319 e. The van der Waals surface area contributed by atoms with E-state index in [-0.39, 0.29) is 43.4 Å². The third kappa shape index (κ3) is 5.59. The van der Waals surface area contributed by atoms with Crippen LogP contribution >= 0.6 is 0 Å². The number of anilines is 1. The van der Waals surface area contributed by atoms with E-state index in [1.54, 1.807) is 18.2 Å². The second kappa shape index (κ2) is 10.2. The average Bonchev–Trinajstić information content (AvgIpc) is 3.46. The van der Waals surface area contributed by atoms with E-state index in [4.69, 9.17) is 14.2 Å². The van der Waals surface area contributed by atoms with Gasteiger partial charge < -0.3 is 35.3 Å². The Labute approximate surface area is 181 Å². The van der Waals surface area contributed by atoms with E-state index >= 15 is 0 Å². The zero-order valence-electron chi connectivity index (χ0n) is 17.6. The van der Waals surface area contributed by atoms with E-state index in [1.807, 2.05) is 0 Å². The Morgan fingerprint density at radius 3 is 2.68 bits per heavy atom. The van der Waals surface area contributed by atoms with E-state index < -0.39 is 6.10 Å². The van der Waals surface area contributed by atoms with Gasteiger partial charge in [-0.3, -0.25) is 4.79 Å². The lowest BCUT2D eigenvalue weighted by Gasteiger charge is -2.36. The van der Waals surface area contributed by atoms with Crippen molar-refractivity contribution in [3.8, 4) is 11.5 Å². The predicted octanol–water partition coefficient (Wildman–Crippen LogP) is 2.14. The number of fused-ring (bicyclic) bond motifs is 1. The van der Waals surface area contributed by atoms with Crippen molar-refractivity contribution in [3.05, 3.63) is 18.2 Å². The lowest BCUT2D eigenvalue weighted by Crippen LogP contribution is -2.52. The van der Waals surface area contributed by atoms with Crippen molar-refractivity contribution in [2.45, 2.75) is 63.2 Å². The molecule has 1 aromatic carbocycles. The molecule has 9 heteroatoms. The topological polar surface area (TPSA) is 118 Å². The number of benzene rings is 1. The molecule has 3 atom stereocenters. The Morgan fingerprint density at radius 2 is 1.87 bits per heavy atom. The largest absolute Gasteiger partial charge is 0.454 e. The summed E-state index contributed by atoms with van der Waals surface area (Å²) in [6.45, 7) is 0.564. The maximum absolute atomic E-state index is 12.4. The van der Waals surface area contributed by atoms with Crippen molar-refractivity contribution >= 4 is 17.6 Å². The highest BCUT2D eigenvalue weighted by Crippen LogP contribution is 2.34. The molecule has 9 nitrogen and oxygen atoms in total. The van der Waals surface area contributed by atoms with Crippen molar-refractivity contribution in [3.63, 3.8) is 0 Å². The average molecular weight is 434 g/mol. The molecule has 170 valence electrons. The fraction of sp³-hybridized carbons (Fsp3) is 0.636. The zero-order chi connectivity index (χ0) is 21.6. The summed E-state index contributed by atoms with van der Waals surface area (Å²) < 4.78 is 16.6. The van der Waals surface area contributed by atoms with Gasteiger partial charge in [0.25, 0.3) is 0 Å². The van der Waals surface area contributed by atoms with Crippen LogP contribution in [0.25, 0.3) is 0 Å². The van der Waals surface area contributed by atoms with Crippen LogP contribution in [0.2, 0.25) is 0 Å². The third-order valence-electron chi connectivity index (χ3n) is 6.23. The highest BCUT2D eigenvalue weighted by Gasteiger charge is 2.32. The number of rotatable bonds is 7. The summed E-state index contributed by atoms with van der Waals surface area (Å²) in [5, 5.41) is 18.4. The standard InChI is InChI=1S/C22H31N3O6/c26-12-20-17(25-22(28)24-15-5-8-18-19(11-15)30-13-29-18)7-6-16(31-20)9-10-23-21(27)14-3-1-2-4-14/h5,8,11,14,16-17,20,26H,1-4,6-7,9-10,12-13H2,(H,23,27)(H2,24,25,28)/t16-,17+,20-/m1/s1. The number of hydrogen-bond donors (Lipinski definition) is 4. The second-order valence-corrected chi connectivity index (χ2v) is 8.39. The van der Waals surface area contributed by atoms with E-state index in [1.165, 1.54) is 0 Å². The molecule has 1 saturated heterocycles. The maximum atomic E-state index is 12.4. The quantitative estimate of drug-likeness (QED) is 0.523. The van der Waals surface area contributed by atoms with Crippen molar-refractivity contribution < 1.29 is 28.9 Å². The number of amides is 3. The van der Waals surface area contributed by atoms with Crippen molar-refractivity contribution in [1.82, 2.24) is 10.6 Å². The Morgan fingerprint density at radius 1 is 1.06 bits per heavy atom.